The summed E-state index contributed by atoms with van der Waals surface area (Å²) in [5, 5.41) is 18.3. The molecule has 0 aliphatic heterocycles. The highest BCUT2D eigenvalue weighted by atomic mass is 16.2. The molecule has 134 valence electrons. The van der Waals surface area contributed by atoms with Gasteiger partial charge in [-0.05, 0) is 49.3 Å². The number of amides is 2. The van der Waals surface area contributed by atoms with E-state index in [1.165, 1.54) is 5.56 Å². The summed E-state index contributed by atoms with van der Waals surface area (Å²) >= 11 is 0. The number of nitrogens with one attached hydrogen (secondary N) is 2. The fraction of sp³-hybridized carbons (Fsp3) is 0.368. The topological polar surface area (TPSA) is 84.2 Å². The Bertz CT molecular complexity index is 901. The highest BCUT2D eigenvalue weighted by molar-refractivity contribution is 5.73. The van der Waals surface area contributed by atoms with Gasteiger partial charge in [-0.1, -0.05) is 30.3 Å². The fourth-order valence-corrected chi connectivity index (χ4v) is 3.39. The van der Waals surface area contributed by atoms with Crippen molar-refractivity contribution in [1.82, 2.24) is 30.4 Å². The first-order chi connectivity index (χ1) is 12.7. The van der Waals surface area contributed by atoms with Gasteiger partial charge < -0.3 is 10.6 Å². The second kappa shape index (κ2) is 7.11. The van der Waals surface area contributed by atoms with E-state index in [0.717, 1.165) is 18.5 Å². The molecule has 1 saturated carbocycles. The average molecular weight is 350 g/mol. The van der Waals surface area contributed by atoms with Crippen LogP contribution in [0.1, 0.15) is 35.8 Å². The molecule has 1 aliphatic rings. The maximum absolute atomic E-state index is 12.0. The van der Waals surface area contributed by atoms with Gasteiger partial charge in [-0.2, -0.15) is 9.61 Å². The quantitative estimate of drug-likeness (QED) is 0.740. The van der Waals surface area contributed by atoms with Crippen LogP contribution in [0.5, 0.6) is 0 Å². The van der Waals surface area contributed by atoms with Gasteiger partial charge in [0.25, 0.3) is 0 Å². The van der Waals surface area contributed by atoms with Crippen LogP contribution in [0.15, 0.2) is 42.5 Å². The van der Waals surface area contributed by atoms with Crippen molar-refractivity contribution < 1.29 is 4.79 Å². The van der Waals surface area contributed by atoms with Crippen LogP contribution in [0.4, 0.5) is 4.79 Å². The molecule has 0 saturated heterocycles. The second-order valence-electron chi connectivity index (χ2n) is 6.87. The molecule has 0 radical (unpaired) electrons. The van der Waals surface area contributed by atoms with Crippen LogP contribution in [0.2, 0.25) is 0 Å². The van der Waals surface area contributed by atoms with Crippen molar-refractivity contribution in [2.45, 2.75) is 32.2 Å². The van der Waals surface area contributed by atoms with Crippen molar-refractivity contribution in [3.05, 3.63) is 59.5 Å². The predicted molar refractivity (Wildman–Crippen MR) is 97.7 cm³/mol. The first-order valence-corrected chi connectivity index (χ1v) is 8.93. The minimum Gasteiger partial charge on any atom is -0.338 e. The number of nitrogens with zero attached hydrogens (tertiary/aromatic N) is 4. The number of aryl methyl sites for hydroxylation is 1. The molecule has 1 aliphatic carbocycles. The van der Waals surface area contributed by atoms with Crippen LogP contribution in [0, 0.1) is 12.8 Å². The van der Waals surface area contributed by atoms with Crippen molar-refractivity contribution >= 4 is 11.7 Å². The Morgan fingerprint density at radius 2 is 1.92 bits per heavy atom. The number of aromatic nitrogens is 4. The standard InChI is InChI=1S/C19H22N6O/c1-13-7-8-17-22-23-18(25(17)24-13)12-21-19(26)20-11-14-9-16(10-14)15-5-3-2-4-6-15/h2-8,14,16H,9-12H2,1H3,(H2,20,21,26). The monoisotopic (exact) mass is 350 g/mol. The molecular formula is C19H22N6O. The molecule has 1 aromatic carbocycles. The van der Waals surface area contributed by atoms with E-state index in [4.69, 9.17) is 0 Å². The Hall–Kier alpha value is -2.96. The largest absolute Gasteiger partial charge is 0.338 e. The van der Waals surface area contributed by atoms with Gasteiger partial charge >= 0.3 is 6.03 Å². The van der Waals surface area contributed by atoms with Gasteiger partial charge in [-0.25, -0.2) is 4.79 Å². The number of carbonyl (C=O) groups is 1. The Balaban J connectivity index is 1.22. The minimum atomic E-state index is -0.183. The van der Waals surface area contributed by atoms with E-state index in [1.807, 2.05) is 25.1 Å². The molecule has 2 heterocycles. The third-order valence-corrected chi connectivity index (χ3v) is 4.93. The predicted octanol–water partition coefficient (Wildman–Crippen LogP) is 2.43. The molecule has 26 heavy (non-hydrogen) atoms. The average Bonchev–Trinajstić information content (AvgIpc) is 3.01. The van der Waals surface area contributed by atoms with Gasteiger partial charge in [0.15, 0.2) is 11.5 Å². The van der Waals surface area contributed by atoms with Crippen LogP contribution in [0.3, 0.4) is 0 Å². The molecule has 0 bridgehead atoms. The molecular weight excluding hydrogens is 328 g/mol. The maximum atomic E-state index is 12.0. The number of benzene rings is 1. The molecule has 3 aromatic rings. The lowest BCUT2D eigenvalue weighted by molar-refractivity contribution is 0.224. The minimum absolute atomic E-state index is 0.183. The van der Waals surface area contributed by atoms with Crippen molar-refractivity contribution in [3.8, 4) is 0 Å². The van der Waals surface area contributed by atoms with E-state index < -0.39 is 0 Å². The van der Waals surface area contributed by atoms with Gasteiger partial charge in [-0.3, -0.25) is 0 Å². The van der Waals surface area contributed by atoms with Crippen molar-refractivity contribution in [2.24, 2.45) is 5.92 Å². The van der Waals surface area contributed by atoms with E-state index in [-0.39, 0.29) is 6.03 Å². The lowest BCUT2D eigenvalue weighted by atomic mass is 9.71. The van der Waals surface area contributed by atoms with Crippen molar-refractivity contribution in [2.75, 3.05) is 6.54 Å². The lowest BCUT2D eigenvalue weighted by Gasteiger charge is -2.35. The summed E-state index contributed by atoms with van der Waals surface area (Å²) in [6, 6.07) is 14.1. The molecule has 7 heteroatoms. The first kappa shape index (κ1) is 16.5. The number of hydrogen-bond donors (Lipinski definition) is 2. The number of rotatable bonds is 5. The molecule has 0 unspecified atom stereocenters. The lowest BCUT2D eigenvalue weighted by Crippen LogP contribution is -2.40. The number of carbonyl (C=O) groups excluding carboxylic acids is 1. The zero-order valence-electron chi connectivity index (χ0n) is 14.7. The highest BCUT2D eigenvalue weighted by Crippen LogP contribution is 2.40. The van der Waals surface area contributed by atoms with E-state index in [2.05, 4.69) is 50.2 Å². The van der Waals surface area contributed by atoms with Gasteiger partial charge in [-0.15, -0.1) is 10.2 Å². The number of urea groups is 1. The Kier molecular flexibility index (Phi) is 4.51. The summed E-state index contributed by atoms with van der Waals surface area (Å²) in [6.45, 7) is 2.90. The summed E-state index contributed by atoms with van der Waals surface area (Å²) in [5.41, 5.74) is 2.95. The molecule has 0 spiro atoms. The molecule has 4 rings (SSSR count). The van der Waals surface area contributed by atoms with E-state index in [1.54, 1.807) is 4.52 Å². The molecule has 7 nitrogen and oxygen atoms in total. The maximum Gasteiger partial charge on any atom is 0.315 e. The van der Waals surface area contributed by atoms with E-state index >= 15 is 0 Å². The zero-order chi connectivity index (χ0) is 17.9. The summed E-state index contributed by atoms with van der Waals surface area (Å²) in [5.74, 6) is 1.79. The van der Waals surface area contributed by atoms with E-state index in [0.29, 0.717) is 36.4 Å². The molecule has 2 N–H and O–H groups in total. The van der Waals surface area contributed by atoms with Crippen LogP contribution < -0.4 is 10.6 Å². The second-order valence-corrected chi connectivity index (χ2v) is 6.87. The molecule has 1 fully saturated rings. The highest BCUT2D eigenvalue weighted by Gasteiger charge is 2.30. The van der Waals surface area contributed by atoms with Gasteiger partial charge in [0.05, 0.1) is 12.2 Å². The molecule has 0 atom stereocenters. The molecule has 2 aromatic heterocycles. The summed E-state index contributed by atoms with van der Waals surface area (Å²) in [4.78, 5) is 12.0. The van der Waals surface area contributed by atoms with Crippen LogP contribution >= 0.6 is 0 Å². The third-order valence-electron chi connectivity index (χ3n) is 4.93. The van der Waals surface area contributed by atoms with Crippen molar-refractivity contribution in [3.63, 3.8) is 0 Å². The summed E-state index contributed by atoms with van der Waals surface area (Å²) in [7, 11) is 0. The Morgan fingerprint density at radius 1 is 1.12 bits per heavy atom. The third kappa shape index (κ3) is 3.51. The number of hydrogen-bond acceptors (Lipinski definition) is 4. The Morgan fingerprint density at radius 3 is 2.73 bits per heavy atom. The SMILES string of the molecule is Cc1ccc2nnc(CNC(=O)NCC3CC(c4ccccc4)C3)n2n1. The smallest absolute Gasteiger partial charge is 0.315 e. The Labute approximate surface area is 151 Å². The normalized spacial score (nSPS) is 19.1. The van der Waals surface area contributed by atoms with E-state index in [9.17, 15) is 4.79 Å². The molecule has 2 amide bonds. The van der Waals surface area contributed by atoms with Gasteiger partial charge in [0, 0.05) is 6.54 Å². The summed E-state index contributed by atoms with van der Waals surface area (Å²) < 4.78 is 1.66. The summed E-state index contributed by atoms with van der Waals surface area (Å²) in [6.07, 6.45) is 2.25. The van der Waals surface area contributed by atoms with Crippen LogP contribution in [-0.4, -0.2) is 32.4 Å². The first-order valence-electron chi connectivity index (χ1n) is 8.93. The zero-order valence-corrected chi connectivity index (χ0v) is 14.7. The van der Waals surface area contributed by atoms with Crippen molar-refractivity contribution in [1.29, 1.82) is 0 Å². The van der Waals surface area contributed by atoms with Gasteiger partial charge in [0.1, 0.15) is 0 Å². The van der Waals surface area contributed by atoms with Crippen LogP contribution in [0.25, 0.3) is 5.65 Å². The van der Waals surface area contributed by atoms with Gasteiger partial charge in [0.2, 0.25) is 0 Å². The number of fused-ring (bicyclic) bond motifs is 1. The van der Waals surface area contributed by atoms with Crippen LogP contribution in [-0.2, 0) is 6.54 Å². The fourth-order valence-electron chi connectivity index (χ4n) is 3.39.